The van der Waals surface area contributed by atoms with E-state index in [-0.39, 0.29) is 5.82 Å². The first kappa shape index (κ1) is 14.1. The van der Waals surface area contributed by atoms with E-state index in [1.165, 1.54) is 17.7 Å². The van der Waals surface area contributed by atoms with Crippen LogP contribution in [-0.2, 0) is 11.2 Å². The summed E-state index contributed by atoms with van der Waals surface area (Å²) in [6.45, 7) is 0. The molecule has 0 spiro atoms. The maximum Gasteiger partial charge on any atom is 0.126 e. The van der Waals surface area contributed by atoms with Crippen molar-refractivity contribution < 1.29 is 9.13 Å². The van der Waals surface area contributed by atoms with Crippen molar-refractivity contribution >= 4 is 5.76 Å². The Labute approximate surface area is 119 Å². The molecule has 0 amide bonds. The van der Waals surface area contributed by atoms with Gasteiger partial charge in [0.1, 0.15) is 11.6 Å². The van der Waals surface area contributed by atoms with Crippen LogP contribution in [0.3, 0.4) is 0 Å². The molecule has 2 rings (SSSR count). The van der Waals surface area contributed by atoms with Gasteiger partial charge in [-0.2, -0.15) is 0 Å². The highest BCUT2D eigenvalue weighted by atomic mass is 19.1. The van der Waals surface area contributed by atoms with Gasteiger partial charge in [-0.25, -0.2) is 4.39 Å². The molecule has 0 heterocycles. The minimum atomic E-state index is -0.246. The minimum Gasteiger partial charge on any atom is -0.496 e. The summed E-state index contributed by atoms with van der Waals surface area (Å²) in [6, 6.07) is 16.5. The largest absolute Gasteiger partial charge is 0.496 e. The Morgan fingerprint density at radius 2 is 1.75 bits per heavy atom. The minimum absolute atomic E-state index is 0.246. The second-order valence-electron chi connectivity index (χ2n) is 4.36. The quantitative estimate of drug-likeness (QED) is 0.568. The summed E-state index contributed by atoms with van der Waals surface area (Å²) in [7, 11) is 1.61. The van der Waals surface area contributed by atoms with Crippen LogP contribution in [0.5, 0.6) is 0 Å². The molecule has 0 radical (unpaired) electrons. The van der Waals surface area contributed by atoms with Gasteiger partial charge < -0.3 is 4.74 Å². The van der Waals surface area contributed by atoms with Crippen molar-refractivity contribution in [3.8, 4) is 0 Å². The highest BCUT2D eigenvalue weighted by Gasteiger charge is 1.99. The van der Waals surface area contributed by atoms with Gasteiger partial charge in [-0.1, -0.05) is 42.5 Å². The average molecular weight is 268 g/mol. The van der Waals surface area contributed by atoms with E-state index in [9.17, 15) is 4.39 Å². The van der Waals surface area contributed by atoms with Gasteiger partial charge >= 0.3 is 0 Å². The molecule has 0 N–H and O–H groups in total. The van der Waals surface area contributed by atoms with Crippen molar-refractivity contribution in [2.45, 2.75) is 6.42 Å². The van der Waals surface area contributed by atoms with E-state index in [0.717, 1.165) is 12.0 Å². The molecule has 0 aliphatic carbocycles. The predicted octanol–water partition coefficient (Wildman–Crippen LogP) is 4.61. The molecule has 0 atom stereocenters. The van der Waals surface area contributed by atoms with Crippen molar-refractivity contribution in [2.75, 3.05) is 7.11 Å². The summed E-state index contributed by atoms with van der Waals surface area (Å²) in [4.78, 5) is 0. The third-order valence-electron chi connectivity index (χ3n) is 2.93. The van der Waals surface area contributed by atoms with Crippen LogP contribution in [0.1, 0.15) is 11.1 Å². The molecule has 2 heteroatoms. The summed E-state index contributed by atoms with van der Waals surface area (Å²) < 4.78 is 18.2. The molecule has 0 unspecified atom stereocenters. The van der Waals surface area contributed by atoms with Crippen molar-refractivity contribution in [3.63, 3.8) is 0 Å². The molecule has 102 valence electrons. The van der Waals surface area contributed by atoms with Crippen LogP contribution in [0.15, 0.2) is 72.8 Å². The van der Waals surface area contributed by atoms with E-state index in [0.29, 0.717) is 5.76 Å². The standard InChI is InChI=1S/C18H17FO/c1-20-18(16-11-13-17(19)14-12-16)10-6-5-9-15-7-3-2-4-8-15/h2-8,10-14H,9H2,1H3/b6-5+,18-10-. The predicted molar refractivity (Wildman–Crippen MR) is 80.7 cm³/mol. The topological polar surface area (TPSA) is 9.23 Å². The Hall–Kier alpha value is -2.35. The van der Waals surface area contributed by atoms with Crippen LogP contribution in [0.4, 0.5) is 4.39 Å². The zero-order chi connectivity index (χ0) is 14.2. The highest BCUT2D eigenvalue weighted by Crippen LogP contribution is 2.15. The molecule has 0 aromatic heterocycles. The van der Waals surface area contributed by atoms with E-state index < -0.39 is 0 Å². The molecular weight excluding hydrogens is 251 g/mol. The van der Waals surface area contributed by atoms with Crippen LogP contribution in [0, 0.1) is 5.82 Å². The third-order valence-corrected chi connectivity index (χ3v) is 2.93. The Morgan fingerprint density at radius 1 is 1.05 bits per heavy atom. The van der Waals surface area contributed by atoms with Gasteiger partial charge in [-0.3, -0.25) is 0 Å². The number of benzene rings is 2. The molecule has 0 aliphatic rings. The first-order valence-corrected chi connectivity index (χ1v) is 6.50. The first-order valence-electron chi connectivity index (χ1n) is 6.50. The van der Waals surface area contributed by atoms with Crippen LogP contribution in [-0.4, -0.2) is 7.11 Å². The lowest BCUT2D eigenvalue weighted by Crippen LogP contribution is -1.87. The monoisotopic (exact) mass is 268 g/mol. The first-order chi connectivity index (χ1) is 9.79. The summed E-state index contributed by atoms with van der Waals surface area (Å²) in [6.07, 6.45) is 6.78. The van der Waals surface area contributed by atoms with Crippen molar-refractivity contribution in [1.82, 2.24) is 0 Å². The smallest absolute Gasteiger partial charge is 0.126 e. The van der Waals surface area contributed by atoms with Gasteiger partial charge in [0.05, 0.1) is 7.11 Å². The van der Waals surface area contributed by atoms with Gasteiger partial charge in [0, 0.05) is 5.56 Å². The number of methoxy groups -OCH3 is 1. The number of halogens is 1. The third kappa shape index (κ3) is 4.09. The van der Waals surface area contributed by atoms with Crippen molar-refractivity contribution in [2.24, 2.45) is 0 Å². The summed E-state index contributed by atoms with van der Waals surface area (Å²) in [5.74, 6) is 0.470. The van der Waals surface area contributed by atoms with Gasteiger partial charge in [-0.15, -0.1) is 0 Å². The lowest BCUT2D eigenvalue weighted by molar-refractivity contribution is 0.370. The second-order valence-corrected chi connectivity index (χ2v) is 4.36. The van der Waals surface area contributed by atoms with Gasteiger partial charge in [0.25, 0.3) is 0 Å². The summed E-state index contributed by atoms with van der Waals surface area (Å²) >= 11 is 0. The molecule has 20 heavy (non-hydrogen) atoms. The molecule has 0 aliphatic heterocycles. The number of hydrogen-bond donors (Lipinski definition) is 0. The number of hydrogen-bond acceptors (Lipinski definition) is 1. The van der Waals surface area contributed by atoms with E-state index in [2.05, 4.69) is 18.2 Å². The molecule has 2 aromatic rings. The maximum absolute atomic E-state index is 12.9. The summed E-state index contributed by atoms with van der Waals surface area (Å²) in [5, 5.41) is 0. The normalized spacial score (nSPS) is 11.8. The highest BCUT2D eigenvalue weighted by molar-refractivity contribution is 5.61. The van der Waals surface area contributed by atoms with Crippen molar-refractivity contribution in [3.05, 3.63) is 89.8 Å². The lowest BCUT2D eigenvalue weighted by Gasteiger charge is -2.04. The molecule has 0 bridgehead atoms. The number of ether oxygens (including phenoxy) is 1. The maximum atomic E-state index is 12.9. The zero-order valence-electron chi connectivity index (χ0n) is 11.4. The zero-order valence-corrected chi connectivity index (χ0v) is 11.4. The Bertz CT molecular complexity index is 583. The van der Waals surface area contributed by atoms with E-state index in [4.69, 9.17) is 4.74 Å². The van der Waals surface area contributed by atoms with Crippen LogP contribution < -0.4 is 0 Å². The average Bonchev–Trinajstić information content (AvgIpc) is 2.50. The van der Waals surface area contributed by atoms with Crippen LogP contribution in [0.25, 0.3) is 5.76 Å². The molecule has 0 fully saturated rings. The fourth-order valence-corrected chi connectivity index (χ4v) is 1.87. The number of allylic oxidation sites excluding steroid dienone is 3. The fraction of sp³-hybridized carbons (Fsp3) is 0.111. The molecule has 0 saturated carbocycles. The van der Waals surface area contributed by atoms with Gasteiger partial charge in [0.15, 0.2) is 0 Å². The van der Waals surface area contributed by atoms with Crippen molar-refractivity contribution in [1.29, 1.82) is 0 Å². The number of rotatable bonds is 5. The fourth-order valence-electron chi connectivity index (χ4n) is 1.87. The Balaban J connectivity index is 2.02. The Morgan fingerprint density at radius 3 is 2.40 bits per heavy atom. The molecular formula is C18H17FO. The second kappa shape index (κ2) is 7.29. The molecule has 1 nitrogen and oxygen atoms in total. The van der Waals surface area contributed by atoms with E-state index in [1.54, 1.807) is 19.2 Å². The molecule has 2 aromatic carbocycles. The van der Waals surface area contributed by atoms with E-state index in [1.807, 2.05) is 30.4 Å². The Kier molecular flexibility index (Phi) is 5.13. The van der Waals surface area contributed by atoms with Crippen LogP contribution >= 0.6 is 0 Å². The lowest BCUT2D eigenvalue weighted by atomic mass is 10.1. The summed E-state index contributed by atoms with van der Waals surface area (Å²) in [5.41, 5.74) is 2.12. The molecule has 0 saturated heterocycles. The van der Waals surface area contributed by atoms with Crippen LogP contribution in [0.2, 0.25) is 0 Å². The van der Waals surface area contributed by atoms with Gasteiger partial charge in [0.2, 0.25) is 0 Å². The van der Waals surface area contributed by atoms with E-state index >= 15 is 0 Å². The SMILES string of the molecule is CO/C(=C\C=C\Cc1ccccc1)c1ccc(F)cc1. The van der Waals surface area contributed by atoms with Gasteiger partial charge in [-0.05, 0) is 42.3 Å².